The Balaban J connectivity index is 3.47. The Bertz CT molecular complexity index is 1150. The van der Waals surface area contributed by atoms with Crippen LogP contribution in [0.4, 0.5) is 4.79 Å². The molecule has 0 bridgehead atoms. The second kappa shape index (κ2) is 15.4. The third kappa shape index (κ3) is 11.1. The maximum atomic E-state index is 14.2. The van der Waals surface area contributed by atoms with E-state index in [1.807, 2.05) is 78.8 Å². The third-order valence-corrected chi connectivity index (χ3v) is 7.58. The molecule has 0 saturated carbocycles. The lowest BCUT2D eigenvalue weighted by Crippen LogP contribution is -2.63. The van der Waals surface area contributed by atoms with Crippen molar-refractivity contribution in [2.45, 2.75) is 105 Å². The average Bonchev–Trinajstić information content (AvgIpc) is 2.89. The van der Waals surface area contributed by atoms with E-state index in [1.54, 1.807) is 27.8 Å². The van der Waals surface area contributed by atoms with E-state index in [4.69, 9.17) is 9.47 Å². The van der Waals surface area contributed by atoms with Crippen LogP contribution in [0.25, 0.3) is 0 Å². The predicted molar refractivity (Wildman–Crippen MR) is 170 cm³/mol. The number of hydrogen-bond donors (Lipinski definition) is 2. The monoisotopic (exact) mass is 618 g/mol. The molecule has 1 aromatic carbocycles. The zero-order valence-corrected chi connectivity index (χ0v) is 28.9. The molecular weight excluding hydrogens is 564 g/mol. The van der Waals surface area contributed by atoms with Crippen molar-refractivity contribution in [2.75, 3.05) is 27.2 Å². The summed E-state index contributed by atoms with van der Waals surface area (Å²) < 4.78 is 10.2. The molecule has 11 heteroatoms. The predicted octanol–water partition coefficient (Wildman–Crippen LogP) is 3.89. The number of methoxy groups -OCH3 is 1. The Labute approximate surface area is 263 Å². The van der Waals surface area contributed by atoms with Crippen molar-refractivity contribution in [2.24, 2.45) is 11.3 Å². The molecule has 0 fully saturated rings. The smallest absolute Gasteiger partial charge is 0.408 e. The maximum Gasteiger partial charge on any atom is 0.408 e. The topological polar surface area (TPSA) is 134 Å². The fourth-order valence-corrected chi connectivity index (χ4v) is 4.81. The Morgan fingerprint density at radius 3 is 1.84 bits per heavy atom. The highest BCUT2D eigenvalue weighted by molar-refractivity contribution is 5.93. The van der Waals surface area contributed by atoms with Crippen molar-refractivity contribution in [1.29, 1.82) is 0 Å². The highest BCUT2D eigenvalue weighted by Crippen LogP contribution is 2.29. The van der Waals surface area contributed by atoms with E-state index in [9.17, 15) is 24.0 Å². The number of nitrogens with zero attached hydrogens (tertiary/aromatic N) is 2. The number of benzene rings is 1. The lowest BCUT2D eigenvalue weighted by Gasteiger charge is -2.41. The number of rotatable bonds is 12. The average molecular weight is 619 g/mol. The molecule has 1 rings (SSSR count). The van der Waals surface area contributed by atoms with Gasteiger partial charge in [-0.3, -0.25) is 19.2 Å². The molecule has 11 nitrogen and oxygen atoms in total. The van der Waals surface area contributed by atoms with Crippen molar-refractivity contribution in [1.82, 2.24) is 20.4 Å². The summed E-state index contributed by atoms with van der Waals surface area (Å²) in [4.78, 5) is 68.4. The van der Waals surface area contributed by atoms with Gasteiger partial charge in [0.05, 0.1) is 13.2 Å². The number of esters is 1. The van der Waals surface area contributed by atoms with Gasteiger partial charge in [-0.25, -0.2) is 4.79 Å². The largest absolute Gasteiger partial charge is 0.468 e. The standard InChI is InChI=1S/C33H54N4O7/c1-21(2)24(19-37(22(3)38)20-25(39)43-13)36(12)29(41)27(31(4,5)6)34-28(40)26(35-30(42)44-32(7,8)9)33(10,11)23-17-15-14-16-18-23/h14-18,21,24,26-27H,19-20H2,1-13H3,(H,34,40)(H,35,42). The van der Waals surface area contributed by atoms with Crippen LogP contribution in [0.2, 0.25) is 0 Å². The Morgan fingerprint density at radius 1 is 0.864 bits per heavy atom. The molecule has 248 valence electrons. The minimum Gasteiger partial charge on any atom is -0.468 e. The Kier molecular flexibility index (Phi) is 13.4. The van der Waals surface area contributed by atoms with Crippen LogP contribution in [0.5, 0.6) is 0 Å². The van der Waals surface area contributed by atoms with Crippen LogP contribution in [0, 0.1) is 11.3 Å². The minimum absolute atomic E-state index is 0.0962. The van der Waals surface area contributed by atoms with Gasteiger partial charge >= 0.3 is 12.1 Å². The van der Waals surface area contributed by atoms with E-state index in [-0.39, 0.29) is 30.8 Å². The van der Waals surface area contributed by atoms with Gasteiger partial charge in [0.15, 0.2) is 0 Å². The van der Waals surface area contributed by atoms with Crippen LogP contribution >= 0.6 is 0 Å². The van der Waals surface area contributed by atoms with Gasteiger partial charge in [-0.05, 0) is 37.7 Å². The molecule has 0 aliphatic rings. The first-order valence-corrected chi connectivity index (χ1v) is 15.0. The molecule has 0 spiro atoms. The molecule has 2 N–H and O–H groups in total. The van der Waals surface area contributed by atoms with E-state index in [0.717, 1.165) is 5.56 Å². The number of carbonyl (C=O) groups is 5. The summed E-state index contributed by atoms with van der Waals surface area (Å²) in [6.45, 7) is 19.4. The quantitative estimate of drug-likeness (QED) is 0.340. The molecule has 0 aromatic heterocycles. The molecular formula is C33H54N4O7. The SMILES string of the molecule is COC(=O)CN(CC(C(C)C)N(C)C(=O)C(NC(=O)C(NC(=O)OC(C)(C)C)C(C)(C)c1ccccc1)C(C)(C)C)C(C)=O. The number of likely N-dealkylation sites (N-methyl/N-ethyl adjacent to an activating group) is 1. The minimum atomic E-state index is -1.10. The fraction of sp³-hybridized carbons (Fsp3) is 0.667. The highest BCUT2D eigenvalue weighted by atomic mass is 16.6. The number of carbonyl (C=O) groups excluding carboxylic acids is 5. The molecule has 4 amide bonds. The summed E-state index contributed by atoms with van der Waals surface area (Å²) >= 11 is 0. The van der Waals surface area contributed by atoms with Gasteiger partial charge in [0.25, 0.3) is 0 Å². The molecule has 3 atom stereocenters. The van der Waals surface area contributed by atoms with Gasteiger partial charge < -0.3 is 29.9 Å². The summed E-state index contributed by atoms with van der Waals surface area (Å²) in [5, 5.41) is 5.69. The van der Waals surface area contributed by atoms with Gasteiger partial charge in [0, 0.05) is 25.9 Å². The van der Waals surface area contributed by atoms with Crippen LogP contribution in [0.1, 0.15) is 81.7 Å². The molecule has 0 heterocycles. The van der Waals surface area contributed by atoms with E-state index in [1.165, 1.54) is 23.8 Å². The lowest BCUT2D eigenvalue weighted by atomic mass is 9.76. The van der Waals surface area contributed by atoms with Crippen molar-refractivity contribution in [3.63, 3.8) is 0 Å². The van der Waals surface area contributed by atoms with Crippen LogP contribution in [-0.2, 0) is 34.1 Å². The van der Waals surface area contributed by atoms with Crippen molar-refractivity contribution >= 4 is 29.8 Å². The summed E-state index contributed by atoms with van der Waals surface area (Å²) in [7, 11) is 2.87. The van der Waals surface area contributed by atoms with Gasteiger partial charge in [-0.15, -0.1) is 0 Å². The molecule has 0 radical (unpaired) electrons. The van der Waals surface area contributed by atoms with Crippen LogP contribution in [-0.4, -0.2) is 90.6 Å². The van der Waals surface area contributed by atoms with E-state index >= 15 is 0 Å². The third-order valence-electron chi connectivity index (χ3n) is 7.58. The maximum absolute atomic E-state index is 14.2. The van der Waals surface area contributed by atoms with Gasteiger partial charge in [-0.1, -0.05) is 78.8 Å². The molecule has 0 saturated heterocycles. The van der Waals surface area contributed by atoms with Crippen molar-refractivity contribution in [3.05, 3.63) is 35.9 Å². The van der Waals surface area contributed by atoms with Crippen LogP contribution in [0.3, 0.4) is 0 Å². The first-order chi connectivity index (χ1) is 20.0. The van der Waals surface area contributed by atoms with Gasteiger partial charge in [0.2, 0.25) is 17.7 Å². The van der Waals surface area contributed by atoms with E-state index < -0.39 is 52.5 Å². The van der Waals surface area contributed by atoms with Crippen LogP contribution in [0.15, 0.2) is 30.3 Å². The summed E-state index contributed by atoms with van der Waals surface area (Å²) in [5.74, 6) is -1.93. The normalized spacial score (nSPS) is 14.1. The van der Waals surface area contributed by atoms with Crippen molar-refractivity contribution < 1.29 is 33.4 Å². The molecule has 3 unspecified atom stereocenters. The number of alkyl carbamates (subject to hydrolysis) is 1. The second-order valence-electron chi connectivity index (χ2n) is 14.2. The van der Waals surface area contributed by atoms with Crippen LogP contribution < -0.4 is 10.6 Å². The Hall–Kier alpha value is -3.63. The fourth-order valence-electron chi connectivity index (χ4n) is 4.81. The second-order valence-corrected chi connectivity index (χ2v) is 14.2. The Morgan fingerprint density at radius 2 is 1.41 bits per heavy atom. The number of nitrogens with one attached hydrogen (secondary N) is 2. The molecule has 1 aromatic rings. The first kappa shape index (κ1) is 38.4. The first-order valence-electron chi connectivity index (χ1n) is 15.0. The molecule has 0 aliphatic heterocycles. The van der Waals surface area contributed by atoms with Gasteiger partial charge in [-0.2, -0.15) is 0 Å². The molecule has 0 aliphatic carbocycles. The van der Waals surface area contributed by atoms with Crippen molar-refractivity contribution in [3.8, 4) is 0 Å². The van der Waals surface area contributed by atoms with E-state index in [0.29, 0.717) is 0 Å². The summed E-state index contributed by atoms with van der Waals surface area (Å²) in [6.07, 6.45) is -0.757. The number of hydrogen-bond acceptors (Lipinski definition) is 7. The highest BCUT2D eigenvalue weighted by Gasteiger charge is 2.43. The number of amides is 4. The zero-order valence-electron chi connectivity index (χ0n) is 28.9. The van der Waals surface area contributed by atoms with Gasteiger partial charge in [0.1, 0.15) is 24.2 Å². The van der Waals surface area contributed by atoms with E-state index in [2.05, 4.69) is 10.6 Å². The molecule has 44 heavy (non-hydrogen) atoms. The summed E-state index contributed by atoms with van der Waals surface area (Å²) in [6, 6.07) is 6.75. The number of ether oxygens (including phenoxy) is 2. The summed E-state index contributed by atoms with van der Waals surface area (Å²) in [5.41, 5.74) is -1.61. The zero-order chi connectivity index (χ0) is 34.2. The lowest BCUT2D eigenvalue weighted by molar-refractivity contribution is -0.148.